The molecule has 0 saturated carbocycles. The number of hydrogen-bond donors (Lipinski definition) is 1. The second-order valence-electron chi connectivity index (χ2n) is 4.36. The highest BCUT2D eigenvalue weighted by molar-refractivity contribution is 6.32. The number of hydrogen-bond acceptors (Lipinski definition) is 2. The molecule has 0 aliphatic rings. The van der Waals surface area contributed by atoms with Crippen LogP contribution in [0.25, 0.3) is 0 Å². The van der Waals surface area contributed by atoms with Crippen LogP contribution in [0.2, 0.25) is 10.3 Å². The third-order valence-corrected chi connectivity index (χ3v) is 2.62. The van der Waals surface area contributed by atoms with Crippen molar-refractivity contribution in [3.05, 3.63) is 28.0 Å². The van der Waals surface area contributed by atoms with Crippen LogP contribution in [0.1, 0.15) is 32.4 Å². The fraction of sp³-hybridized carbons (Fsp3) is 0.500. The van der Waals surface area contributed by atoms with Gasteiger partial charge in [0.15, 0.2) is 0 Å². The van der Waals surface area contributed by atoms with Gasteiger partial charge in [0.05, 0.1) is 0 Å². The van der Waals surface area contributed by atoms with Crippen molar-refractivity contribution >= 4 is 35.6 Å². The molecule has 1 rings (SSSR count). The molecule has 0 aliphatic heterocycles. The molecule has 2 N–H and O–H groups in total. The quantitative estimate of drug-likeness (QED) is 0.786. The summed E-state index contributed by atoms with van der Waals surface area (Å²) >= 11 is 11.7. The summed E-state index contributed by atoms with van der Waals surface area (Å²) in [6, 6.07) is 3.39. The van der Waals surface area contributed by atoms with Gasteiger partial charge in [-0.05, 0) is 11.5 Å². The fourth-order valence-corrected chi connectivity index (χ4v) is 1.58. The molecule has 1 aromatic heterocycles. The smallest absolute Gasteiger partial charge is 0.135 e. The van der Waals surface area contributed by atoms with Crippen LogP contribution in [0.3, 0.4) is 0 Å². The van der Waals surface area contributed by atoms with E-state index in [-0.39, 0.29) is 23.9 Å². The van der Waals surface area contributed by atoms with E-state index < -0.39 is 0 Å². The van der Waals surface area contributed by atoms with Gasteiger partial charge in [-0.15, -0.1) is 12.4 Å². The molecule has 1 aromatic rings. The Hall–Kier alpha value is -0.0200. The van der Waals surface area contributed by atoms with Crippen LogP contribution < -0.4 is 5.73 Å². The largest absolute Gasteiger partial charge is 0.323 e. The summed E-state index contributed by atoms with van der Waals surface area (Å²) in [4.78, 5) is 3.96. The lowest BCUT2D eigenvalue weighted by Gasteiger charge is -2.27. The van der Waals surface area contributed by atoms with Crippen molar-refractivity contribution in [3.8, 4) is 0 Å². The van der Waals surface area contributed by atoms with Crippen molar-refractivity contribution in [1.82, 2.24) is 4.98 Å². The van der Waals surface area contributed by atoms with Gasteiger partial charge in [0.25, 0.3) is 0 Å². The van der Waals surface area contributed by atoms with Gasteiger partial charge in [-0.3, -0.25) is 0 Å². The summed E-state index contributed by atoms with van der Waals surface area (Å²) in [5, 5.41) is 0.778. The molecule has 0 aliphatic carbocycles. The first-order chi connectivity index (χ1) is 6.32. The molecule has 15 heavy (non-hydrogen) atoms. The summed E-state index contributed by atoms with van der Waals surface area (Å²) in [5.41, 5.74) is 6.85. The van der Waals surface area contributed by atoms with Gasteiger partial charge in [0.1, 0.15) is 10.3 Å². The lowest BCUT2D eigenvalue weighted by atomic mass is 9.84. The van der Waals surface area contributed by atoms with Crippen molar-refractivity contribution in [1.29, 1.82) is 0 Å². The molecule has 5 heteroatoms. The van der Waals surface area contributed by atoms with Gasteiger partial charge in [0, 0.05) is 11.6 Å². The molecule has 86 valence electrons. The predicted molar refractivity (Wildman–Crippen MR) is 67.9 cm³/mol. The second-order valence-corrected chi connectivity index (χ2v) is 5.10. The van der Waals surface area contributed by atoms with Gasteiger partial charge >= 0.3 is 0 Å². The standard InChI is InChI=1S/C10H14Cl2N2.ClH/c1-10(2,3)8(13)6-4-5-7(11)14-9(6)12;/h4-5,8H,13H2,1-3H3;1H/t8-;/m0./s1. The molecule has 1 atom stereocenters. The molecule has 2 nitrogen and oxygen atoms in total. The molecule has 0 amide bonds. The number of nitrogens with zero attached hydrogens (tertiary/aromatic N) is 1. The van der Waals surface area contributed by atoms with Crippen LogP contribution in [0.4, 0.5) is 0 Å². The lowest BCUT2D eigenvalue weighted by molar-refractivity contribution is 0.326. The van der Waals surface area contributed by atoms with E-state index in [1.807, 2.05) is 6.07 Å². The van der Waals surface area contributed by atoms with E-state index >= 15 is 0 Å². The third kappa shape index (κ3) is 3.80. The average Bonchev–Trinajstić information content (AvgIpc) is 2.01. The zero-order chi connectivity index (χ0) is 10.9. The summed E-state index contributed by atoms with van der Waals surface area (Å²) in [6.07, 6.45) is 0. The molecule has 0 bridgehead atoms. The first kappa shape index (κ1) is 15.0. The van der Waals surface area contributed by atoms with Crippen LogP contribution in [-0.4, -0.2) is 4.98 Å². The highest BCUT2D eigenvalue weighted by atomic mass is 35.5. The Labute approximate surface area is 107 Å². The minimum Gasteiger partial charge on any atom is -0.323 e. The summed E-state index contributed by atoms with van der Waals surface area (Å²) in [7, 11) is 0. The van der Waals surface area contributed by atoms with E-state index in [1.54, 1.807) is 6.07 Å². The van der Waals surface area contributed by atoms with Gasteiger partial charge in [-0.2, -0.15) is 0 Å². The minimum atomic E-state index is -0.139. The van der Waals surface area contributed by atoms with Gasteiger partial charge in [0.2, 0.25) is 0 Å². The summed E-state index contributed by atoms with van der Waals surface area (Å²) in [5.74, 6) is 0. The van der Waals surface area contributed by atoms with E-state index in [1.165, 1.54) is 0 Å². The van der Waals surface area contributed by atoms with E-state index in [0.717, 1.165) is 5.56 Å². The Morgan fingerprint density at radius 1 is 1.27 bits per heavy atom. The van der Waals surface area contributed by atoms with Crippen LogP contribution in [-0.2, 0) is 0 Å². The number of halogens is 3. The molecule has 0 aromatic carbocycles. The Balaban J connectivity index is 0.00000196. The maximum atomic E-state index is 6.06. The monoisotopic (exact) mass is 268 g/mol. The van der Waals surface area contributed by atoms with E-state index in [2.05, 4.69) is 25.8 Å². The van der Waals surface area contributed by atoms with Crippen molar-refractivity contribution in [3.63, 3.8) is 0 Å². The third-order valence-electron chi connectivity index (χ3n) is 2.11. The fourth-order valence-electron chi connectivity index (χ4n) is 1.12. The molecule has 0 spiro atoms. The van der Waals surface area contributed by atoms with Crippen molar-refractivity contribution in [2.75, 3.05) is 0 Å². The second kappa shape index (κ2) is 5.35. The Morgan fingerprint density at radius 2 is 1.80 bits per heavy atom. The van der Waals surface area contributed by atoms with Gasteiger partial charge in [-0.25, -0.2) is 4.98 Å². The highest BCUT2D eigenvalue weighted by Crippen LogP contribution is 2.33. The zero-order valence-corrected chi connectivity index (χ0v) is 11.2. The lowest BCUT2D eigenvalue weighted by Crippen LogP contribution is -2.26. The van der Waals surface area contributed by atoms with Crippen molar-refractivity contribution in [2.24, 2.45) is 11.1 Å². The summed E-state index contributed by atoms with van der Waals surface area (Å²) in [6.45, 7) is 6.17. The van der Waals surface area contributed by atoms with Crippen LogP contribution in [0, 0.1) is 5.41 Å². The maximum Gasteiger partial charge on any atom is 0.135 e. The molecule has 0 fully saturated rings. The molecule has 1 heterocycles. The molecule has 0 radical (unpaired) electrons. The first-order valence-electron chi connectivity index (χ1n) is 4.40. The minimum absolute atomic E-state index is 0. The van der Waals surface area contributed by atoms with Gasteiger partial charge in [-0.1, -0.05) is 50.0 Å². The zero-order valence-electron chi connectivity index (χ0n) is 8.92. The van der Waals surface area contributed by atoms with E-state index in [4.69, 9.17) is 28.9 Å². The molecule has 0 saturated heterocycles. The Bertz CT molecular complexity index is 334. The van der Waals surface area contributed by atoms with Crippen LogP contribution in [0.5, 0.6) is 0 Å². The van der Waals surface area contributed by atoms with Crippen molar-refractivity contribution in [2.45, 2.75) is 26.8 Å². The van der Waals surface area contributed by atoms with Crippen LogP contribution in [0.15, 0.2) is 12.1 Å². The average molecular weight is 270 g/mol. The van der Waals surface area contributed by atoms with Gasteiger partial charge < -0.3 is 5.73 Å². The van der Waals surface area contributed by atoms with E-state index in [9.17, 15) is 0 Å². The number of aromatic nitrogens is 1. The molecular weight excluding hydrogens is 254 g/mol. The number of pyridine rings is 1. The Morgan fingerprint density at radius 3 is 2.20 bits per heavy atom. The topological polar surface area (TPSA) is 38.9 Å². The maximum absolute atomic E-state index is 6.06. The van der Waals surface area contributed by atoms with E-state index in [0.29, 0.717) is 10.3 Å². The highest BCUT2D eigenvalue weighted by Gasteiger charge is 2.24. The number of nitrogens with two attached hydrogens (primary N) is 1. The normalized spacial score (nSPS) is 13.2. The predicted octanol–water partition coefficient (Wildman–Crippen LogP) is 3.86. The molecule has 0 unspecified atom stereocenters. The summed E-state index contributed by atoms with van der Waals surface area (Å²) < 4.78 is 0. The Kier molecular flexibility index (Phi) is 5.34. The first-order valence-corrected chi connectivity index (χ1v) is 5.15. The molecular formula is C10H15Cl3N2. The number of rotatable bonds is 1. The van der Waals surface area contributed by atoms with Crippen molar-refractivity contribution < 1.29 is 0 Å². The van der Waals surface area contributed by atoms with Crippen LogP contribution >= 0.6 is 35.6 Å². The SMILES string of the molecule is CC(C)(C)[C@@H](N)c1ccc(Cl)nc1Cl.Cl.